The number of hydrogen-bond acceptors (Lipinski definition) is 3. The second-order valence-corrected chi connectivity index (χ2v) is 4.85. The Balaban J connectivity index is 2.34. The van der Waals surface area contributed by atoms with Crippen LogP contribution in [0.4, 0.5) is 4.39 Å². The fourth-order valence-corrected chi connectivity index (χ4v) is 1.64. The Bertz CT molecular complexity index is 369. The smallest absolute Gasteiger partial charge is 0.131 e. The average molecular weight is 255 g/mol. The highest BCUT2D eigenvalue weighted by molar-refractivity contribution is 5.29. The molecule has 1 rings (SSSR count). The highest BCUT2D eigenvalue weighted by Gasteiger charge is 2.10. The topological polar surface area (TPSA) is 41.5 Å². The Kier molecular flexibility index (Phi) is 6.09. The molecule has 0 heterocycles. The molecule has 2 N–H and O–H groups in total. The number of hydrogen-bond donors (Lipinski definition) is 2. The highest BCUT2D eigenvalue weighted by atomic mass is 19.1. The van der Waals surface area contributed by atoms with Crippen molar-refractivity contribution in [3.05, 3.63) is 29.6 Å². The maximum Gasteiger partial charge on any atom is 0.131 e. The Morgan fingerprint density at radius 3 is 2.67 bits per heavy atom. The molecule has 0 fully saturated rings. The molecule has 1 unspecified atom stereocenters. The molecule has 1 aromatic carbocycles. The lowest BCUT2D eigenvalue weighted by molar-refractivity contribution is 0.110. The third kappa shape index (κ3) is 5.02. The lowest BCUT2D eigenvalue weighted by Gasteiger charge is -2.15. The van der Waals surface area contributed by atoms with Gasteiger partial charge in [0.1, 0.15) is 11.6 Å². The molecule has 0 saturated heterocycles. The molecule has 0 amide bonds. The summed E-state index contributed by atoms with van der Waals surface area (Å²) >= 11 is 0. The Morgan fingerprint density at radius 2 is 2.06 bits per heavy atom. The molecule has 1 aromatic rings. The van der Waals surface area contributed by atoms with E-state index in [1.807, 2.05) is 6.92 Å². The molecule has 1 atom stereocenters. The summed E-state index contributed by atoms with van der Waals surface area (Å²) in [6, 6.07) is 4.11. The molecule has 0 aliphatic rings. The zero-order chi connectivity index (χ0) is 13.5. The first-order valence-electron chi connectivity index (χ1n) is 6.30. The van der Waals surface area contributed by atoms with Gasteiger partial charge in [0.2, 0.25) is 0 Å². The van der Waals surface area contributed by atoms with E-state index in [1.54, 1.807) is 6.07 Å². The molecule has 18 heavy (non-hydrogen) atoms. The molecular formula is C14H22FNO2. The summed E-state index contributed by atoms with van der Waals surface area (Å²) in [7, 11) is 0. The summed E-state index contributed by atoms with van der Waals surface area (Å²) < 4.78 is 19.0. The van der Waals surface area contributed by atoms with Crippen LogP contribution in [0.3, 0.4) is 0 Å². The zero-order valence-electron chi connectivity index (χ0n) is 11.2. The fourth-order valence-electron chi connectivity index (χ4n) is 1.64. The monoisotopic (exact) mass is 255 g/mol. The minimum Gasteiger partial charge on any atom is -0.508 e. The van der Waals surface area contributed by atoms with Crippen molar-refractivity contribution in [1.29, 1.82) is 0 Å². The van der Waals surface area contributed by atoms with Crippen LogP contribution in [0, 0.1) is 11.7 Å². The van der Waals surface area contributed by atoms with E-state index in [0.717, 1.165) is 12.7 Å². The molecular weight excluding hydrogens is 233 g/mol. The fraction of sp³-hybridized carbons (Fsp3) is 0.571. The Morgan fingerprint density at radius 1 is 1.33 bits per heavy atom. The van der Waals surface area contributed by atoms with Gasteiger partial charge in [-0.25, -0.2) is 4.39 Å². The minimum absolute atomic E-state index is 0.0521. The number of ether oxygens (including phenoxy) is 1. The quantitative estimate of drug-likeness (QED) is 0.736. The van der Waals surface area contributed by atoms with Crippen molar-refractivity contribution >= 4 is 0 Å². The van der Waals surface area contributed by atoms with Crippen LogP contribution in [0.2, 0.25) is 0 Å². The first-order valence-corrected chi connectivity index (χ1v) is 6.30. The van der Waals surface area contributed by atoms with E-state index in [-0.39, 0.29) is 11.8 Å². The van der Waals surface area contributed by atoms with Gasteiger partial charge in [-0.1, -0.05) is 19.9 Å². The molecule has 102 valence electrons. The van der Waals surface area contributed by atoms with Gasteiger partial charge in [-0.05, 0) is 18.9 Å². The second kappa shape index (κ2) is 7.34. The first-order chi connectivity index (χ1) is 8.50. The number of halogens is 1. The van der Waals surface area contributed by atoms with Crippen LogP contribution in [0.5, 0.6) is 5.75 Å². The molecule has 0 saturated carbocycles. The van der Waals surface area contributed by atoms with Gasteiger partial charge in [-0.2, -0.15) is 0 Å². The number of phenolic OH excluding ortho intramolecular Hbond substituents is 1. The Hall–Kier alpha value is -1.13. The van der Waals surface area contributed by atoms with Gasteiger partial charge >= 0.3 is 0 Å². The van der Waals surface area contributed by atoms with Gasteiger partial charge in [-0.3, -0.25) is 0 Å². The van der Waals surface area contributed by atoms with Crippen molar-refractivity contribution in [3.8, 4) is 5.75 Å². The normalized spacial score (nSPS) is 12.9. The number of benzene rings is 1. The predicted octanol–water partition coefficient (Wildman–Crippen LogP) is 2.85. The van der Waals surface area contributed by atoms with Crippen molar-refractivity contribution in [2.45, 2.75) is 26.8 Å². The molecule has 0 aliphatic carbocycles. The van der Waals surface area contributed by atoms with E-state index >= 15 is 0 Å². The first kappa shape index (κ1) is 14.9. The average Bonchev–Trinajstić information content (AvgIpc) is 2.27. The van der Waals surface area contributed by atoms with Gasteiger partial charge in [0, 0.05) is 30.8 Å². The van der Waals surface area contributed by atoms with E-state index in [2.05, 4.69) is 19.2 Å². The highest BCUT2D eigenvalue weighted by Crippen LogP contribution is 2.20. The van der Waals surface area contributed by atoms with Crippen molar-refractivity contribution in [2.24, 2.45) is 5.92 Å². The van der Waals surface area contributed by atoms with E-state index in [4.69, 9.17) is 9.84 Å². The van der Waals surface area contributed by atoms with E-state index in [9.17, 15) is 4.39 Å². The number of nitrogens with one attached hydrogen (secondary N) is 1. The third-order valence-electron chi connectivity index (χ3n) is 2.60. The molecule has 0 spiro atoms. The molecule has 4 heteroatoms. The number of phenols is 1. The SMILES string of the molecule is CC(C)COCCNC(C)c1ccc(O)cc1F. The van der Waals surface area contributed by atoms with Gasteiger partial charge in [0.05, 0.1) is 6.61 Å². The lowest BCUT2D eigenvalue weighted by atomic mass is 10.1. The summed E-state index contributed by atoms with van der Waals surface area (Å²) in [4.78, 5) is 0. The minimum atomic E-state index is -0.391. The van der Waals surface area contributed by atoms with Crippen LogP contribution in [0.15, 0.2) is 18.2 Å². The molecule has 3 nitrogen and oxygen atoms in total. The molecule has 0 aliphatic heterocycles. The summed E-state index contributed by atoms with van der Waals surface area (Å²) in [5.41, 5.74) is 0.552. The summed E-state index contributed by atoms with van der Waals surface area (Å²) in [6.45, 7) is 8.11. The van der Waals surface area contributed by atoms with Crippen LogP contribution < -0.4 is 5.32 Å². The number of rotatable bonds is 7. The van der Waals surface area contributed by atoms with Gasteiger partial charge in [-0.15, -0.1) is 0 Å². The van der Waals surface area contributed by atoms with Gasteiger partial charge in [0.25, 0.3) is 0 Å². The molecule has 0 bridgehead atoms. The van der Waals surface area contributed by atoms with Crippen molar-refractivity contribution in [3.63, 3.8) is 0 Å². The van der Waals surface area contributed by atoms with Gasteiger partial charge in [0.15, 0.2) is 0 Å². The molecule has 0 aromatic heterocycles. The summed E-state index contributed by atoms with van der Waals surface area (Å²) in [5, 5.41) is 12.3. The molecule has 0 radical (unpaired) electrons. The van der Waals surface area contributed by atoms with Crippen LogP contribution >= 0.6 is 0 Å². The van der Waals surface area contributed by atoms with E-state index in [0.29, 0.717) is 24.6 Å². The van der Waals surface area contributed by atoms with E-state index in [1.165, 1.54) is 6.07 Å². The Labute approximate surface area is 108 Å². The second-order valence-electron chi connectivity index (χ2n) is 4.85. The predicted molar refractivity (Wildman–Crippen MR) is 70.1 cm³/mol. The largest absolute Gasteiger partial charge is 0.508 e. The van der Waals surface area contributed by atoms with Crippen LogP contribution in [-0.4, -0.2) is 24.9 Å². The van der Waals surface area contributed by atoms with E-state index < -0.39 is 5.82 Å². The summed E-state index contributed by atoms with van der Waals surface area (Å²) in [6.07, 6.45) is 0. The summed E-state index contributed by atoms with van der Waals surface area (Å²) in [5.74, 6) is 0.0822. The van der Waals surface area contributed by atoms with Crippen molar-refractivity contribution in [1.82, 2.24) is 5.32 Å². The van der Waals surface area contributed by atoms with Gasteiger partial charge < -0.3 is 15.2 Å². The lowest BCUT2D eigenvalue weighted by Crippen LogP contribution is -2.24. The van der Waals surface area contributed by atoms with Crippen LogP contribution in [-0.2, 0) is 4.74 Å². The van der Waals surface area contributed by atoms with Crippen molar-refractivity contribution in [2.75, 3.05) is 19.8 Å². The standard InChI is InChI=1S/C14H22FNO2/c1-10(2)9-18-7-6-16-11(3)13-5-4-12(17)8-14(13)15/h4-5,8,10-11,16-17H,6-7,9H2,1-3H3. The maximum absolute atomic E-state index is 13.6. The maximum atomic E-state index is 13.6. The van der Waals surface area contributed by atoms with Crippen LogP contribution in [0.1, 0.15) is 32.4 Å². The zero-order valence-corrected chi connectivity index (χ0v) is 11.2. The third-order valence-corrected chi connectivity index (χ3v) is 2.60. The van der Waals surface area contributed by atoms with Crippen LogP contribution in [0.25, 0.3) is 0 Å². The number of aromatic hydroxyl groups is 1. The van der Waals surface area contributed by atoms with Crippen molar-refractivity contribution < 1.29 is 14.2 Å².